The zero-order chi connectivity index (χ0) is 11.7. The average Bonchev–Trinajstić information content (AvgIpc) is 2.83. The lowest BCUT2D eigenvalue weighted by molar-refractivity contribution is 0.0660. The first-order chi connectivity index (χ1) is 7.61. The molecule has 0 spiro atoms. The van der Waals surface area contributed by atoms with Gasteiger partial charge in [-0.05, 0) is 30.9 Å². The zero-order valence-corrected chi connectivity index (χ0v) is 9.78. The molecule has 2 rings (SSSR count). The van der Waals surface area contributed by atoms with Crippen LogP contribution in [0.2, 0.25) is 0 Å². The topological polar surface area (TPSA) is 73.7 Å². The number of nitrogens with zero attached hydrogens (tertiary/aromatic N) is 2. The summed E-state index contributed by atoms with van der Waals surface area (Å²) in [5.74, 6) is -0.208. The molecule has 2 heterocycles. The van der Waals surface area contributed by atoms with E-state index in [0.717, 1.165) is 4.88 Å². The molecule has 1 aromatic rings. The fourth-order valence-corrected chi connectivity index (χ4v) is 2.47. The van der Waals surface area contributed by atoms with Crippen molar-refractivity contribution in [2.75, 3.05) is 13.2 Å². The van der Waals surface area contributed by atoms with Gasteiger partial charge in [0.25, 0.3) is 5.91 Å². The van der Waals surface area contributed by atoms with Crippen LogP contribution in [0, 0.1) is 6.92 Å². The van der Waals surface area contributed by atoms with Crippen molar-refractivity contribution in [1.29, 1.82) is 0 Å². The van der Waals surface area contributed by atoms with E-state index in [0.29, 0.717) is 12.1 Å². The summed E-state index contributed by atoms with van der Waals surface area (Å²) in [6.07, 6.45) is -0.105. The van der Waals surface area contributed by atoms with Crippen molar-refractivity contribution in [2.45, 2.75) is 25.5 Å². The van der Waals surface area contributed by atoms with Crippen molar-refractivity contribution < 1.29 is 15.0 Å². The number of rotatable bonds is 2. The molecule has 5 nitrogen and oxygen atoms in total. The molecule has 0 saturated carbocycles. The van der Waals surface area contributed by atoms with Crippen LogP contribution in [0.1, 0.15) is 21.8 Å². The van der Waals surface area contributed by atoms with Gasteiger partial charge in [-0.3, -0.25) is 4.79 Å². The molecule has 1 amide bonds. The van der Waals surface area contributed by atoms with E-state index < -0.39 is 6.10 Å². The highest BCUT2D eigenvalue weighted by molar-refractivity contribution is 7.05. The molecule has 1 aliphatic heterocycles. The molecule has 16 heavy (non-hydrogen) atoms. The first-order valence-electron chi connectivity index (χ1n) is 5.15. The van der Waals surface area contributed by atoms with Gasteiger partial charge in [-0.15, -0.1) is 0 Å². The van der Waals surface area contributed by atoms with E-state index in [1.165, 1.54) is 16.4 Å². The number of carbonyl (C=O) groups is 1. The Labute approximate surface area is 97.5 Å². The minimum atomic E-state index is -0.541. The van der Waals surface area contributed by atoms with Crippen LogP contribution >= 0.6 is 11.5 Å². The van der Waals surface area contributed by atoms with Crippen LogP contribution in [0.5, 0.6) is 0 Å². The first kappa shape index (κ1) is 11.5. The molecule has 0 radical (unpaired) electrons. The zero-order valence-electron chi connectivity index (χ0n) is 8.96. The normalized spacial score (nSPS) is 25.1. The monoisotopic (exact) mass is 242 g/mol. The number of amides is 1. The Morgan fingerprint density at radius 2 is 2.50 bits per heavy atom. The van der Waals surface area contributed by atoms with Crippen molar-refractivity contribution in [3.8, 4) is 0 Å². The highest BCUT2D eigenvalue weighted by Gasteiger charge is 2.34. The van der Waals surface area contributed by atoms with Crippen molar-refractivity contribution >= 4 is 17.4 Å². The molecule has 6 heteroatoms. The van der Waals surface area contributed by atoms with Crippen LogP contribution in [0.15, 0.2) is 6.07 Å². The Kier molecular flexibility index (Phi) is 3.22. The SMILES string of the molecule is Cc1cc(C(=O)N2CC(O)CC2CO)ns1. The van der Waals surface area contributed by atoms with E-state index in [-0.39, 0.29) is 25.1 Å². The number of likely N-dealkylation sites (tertiary alicyclic amines) is 1. The highest BCUT2D eigenvalue weighted by atomic mass is 32.1. The lowest BCUT2D eigenvalue weighted by atomic mass is 10.2. The smallest absolute Gasteiger partial charge is 0.273 e. The Bertz CT molecular complexity index is 393. The van der Waals surface area contributed by atoms with Crippen LogP contribution in [0.4, 0.5) is 0 Å². The number of hydrogen-bond acceptors (Lipinski definition) is 5. The molecule has 1 fully saturated rings. The summed E-state index contributed by atoms with van der Waals surface area (Å²) < 4.78 is 4.04. The second-order valence-electron chi connectivity index (χ2n) is 4.01. The second-order valence-corrected chi connectivity index (χ2v) is 5.02. The minimum Gasteiger partial charge on any atom is -0.394 e. The van der Waals surface area contributed by atoms with Gasteiger partial charge >= 0.3 is 0 Å². The molecule has 2 N–H and O–H groups in total. The van der Waals surface area contributed by atoms with E-state index in [9.17, 15) is 9.90 Å². The molecule has 0 aromatic carbocycles. The van der Waals surface area contributed by atoms with Crippen molar-refractivity contribution in [2.24, 2.45) is 0 Å². The molecule has 2 atom stereocenters. The number of aliphatic hydroxyl groups excluding tert-OH is 2. The highest BCUT2D eigenvalue weighted by Crippen LogP contribution is 2.20. The number of aryl methyl sites for hydroxylation is 1. The average molecular weight is 242 g/mol. The van der Waals surface area contributed by atoms with Gasteiger partial charge in [0.05, 0.1) is 18.8 Å². The third-order valence-electron chi connectivity index (χ3n) is 2.71. The summed E-state index contributed by atoms with van der Waals surface area (Å²) in [4.78, 5) is 14.5. The lowest BCUT2D eigenvalue weighted by Gasteiger charge is -2.21. The Morgan fingerprint density at radius 3 is 3.06 bits per heavy atom. The number of β-amino-alcohol motifs (C(OH)–C–C–N with tert-alkyl or cyclic N) is 1. The van der Waals surface area contributed by atoms with Gasteiger partial charge in [0.15, 0.2) is 0 Å². The molecule has 1 saturated heterocycles. The van der Waals surface area contributed by atoms with Gasteiger partial charge in [-0.2, -0.15) is 4.37 Å². The summed E-state index contributed by atoms with van der Waals surface area (Å²) in [6, 6.07) is 1.44. The Morgan fingerprint density at radius 1 is 1.75 bits per heavy atom. The van der Waals surface area contributed by atoms with Crippen molar-refractivity contribution in [1.82, 2.24) is 9.27 Å². The third-order valence-corrected chi connectivity index (χ3v) is 3.40. The summed E-state index contributed by atoms with van der Waals surface area (Å²) >= 11 is 1.28. The van der Waals surface area contributed by atoms with Crippen LogP contribution in [0.3, 0.4) is 0 Å². The maximum Gasteiger partial charge on any atom is 0.273 e. The molecule has 1 aromatic heterocycles. The standard InChI is InChI=1S/C10H14N2O3S/c1-6-2-9(11-16-6)10(15)12-4-8(14)3-7(12)5-13/h2,7-8,13-14H,3-5H2,1H3. The van der Waals surface area contributed by atoms with E-state index in [2.05, 4.69) is 4.37 Å². The number of hydrogen-bond donors (Lipinski definition) is 2. The van der Waals surface area contributed by atoms with Gasteiger partial charge in [-0.25, -0.2) is 0 Å². The van der Waals surface area contributed by atoms with Crippen molar-refractivity contribution in [3.63, 3.8) is 0 Å². The second kappa shape index (κ2) is 4.48. The first-order valence-corrected chi connectivity index (χ1v) is 5.92. The summed E-state index contributed by atoms with van der Waals surface area (Å²) in [5, 5.41) is 18.6. The largest absolute Gasteiger partial charge is 0.394 e. The summed E-state index contributed by atoms with van der Waals surface area (Å²) in [5.41, 5.74) is 0.398. The van der Waals surface area contributed by atoms with Crippen LogP contribution in [-0.4, -0.2) is 50.7 Å². The predicted molar refractivity (Wildman–Crippen MR) is 59.4 cm³/mol. The van der Waals surface area contributed by atoms with E-state index >= 15 is 0 Å². The number of carbonyl (C=O) groups excluding carboxylic acids is 1. The van der Waals surface area contributed by atoms with Crippen LogP contribution in [0.25, 0.3) is 0 Å². The van der Waals surface area contributed by atoms with Gasteiger partial charge in [0, 0.05) is 11.4 Å². The fourth-order valence-electron chi connectivity index (χ4n) is 1.93. The quantitative estimate of drug-likeness (QED) is 0.766. The molecule has 88 valence electrons. The Hall–Kier alpha value is -0.980. The molecular weight excluding hydrogens is 228 g/mol. The third kappa shape index (κ3) is 2.09. The van der Waals surface area contributed by atoms with Crippen LogP contribution < -0.4 is 0 Å². The molecular formula is C10H14N2O3S. The maximum atomic E-state index is 12.0. The van der Waals surface area contributed by atoms with Gasteiger partial charge in [0.1, 0.15) is 5.69 Å². The lowest BCUT2D eigenvalue weighted by Crippen LogP contribution is -2.38. The van der Waals surface area contributed by atoms with Gasteiger partial charge in [0.2, 0.25) is 0 Å². The fraction of sp³-hybridized carbons (Fsp3) is 0.600. The van der Waals surface area contributed by atoms with E-state index in [1.807, 2.05) is 6.92 Å². The van der Waals surface area contributed by atoms with E-state index in [1.54, 1.807) is 6.07 Å². The van der Waals surface area contributed by atoms with Gasteiger partial charge < -0.3 is 15.1 Å². The predicted octanol–water partition coefficient (Wildman–Crippen LogP) is 0.0192. The molecule has 0 bridgehead atoms. The summed E-state index contributed by atoms with van der Waals surface area (Å²) in [6.45, 7) is 2.04. The maximum absolute atomic E-state index is 12.0. The minimum absolute atomic E-state index is 0.119. The molecule has 0 aliphatic carbocycles. The van der Waals surface area contributed by atoms with E-state index in [4.69, 9.17) is 5.11 Å². The number of aromatic nitrogens is 1. The molecule has 1 aliphatic rings. The van der Waals surface area contributed by atoms with Crippen LogP contribution in [-0.2, 0) is 0 Å². The molecule has 2 unspecified atom stereocenters. The van der Waals surface area contributed by atoms with Crippen molar-refractivity contribution in [3.05, 3.63) is 16.6 Å². The Balaban J connectivity index is 2.15. The van der Waals surface area contributed by atoms with Gasteiger partial charge in [-0.1, -0.05) is 0 Å². The summed E-state index contributed by atoms with van der Waals surface area (Å²) in [7, 11) is 0. The number of aliphatic hydroxyl groups is 2.